The number of rotatable bonds is 4. The van der Waals surface area contributed by atoms with Gasteiger partial charge in [0.1, 0.15) is 5.69 Å². The molecule has 2 aromatic heterocycles. The van der Waals surface area contributed by atoms with E-state index < -0.39 is 0 Å². The Morgan fingerprint density at radius 3 is 3.08 bits per heavy atom. The van der Waals surface area contributed by atoms with Crippen LogP contribution in [-0.2, 0) is 13.0 Å². The van der Waals surface area contributed by atoms with Gasteiger partial charge in [0.15, 0.2) is 5.13 Å². The number of aromatic nitrogens is 2. The largest absolute Gasteiger partial charge is 0.361 e. The van der Waals surface area contributed by atoms with Gasteiger partial charge >= 0.3 is 0 Å². The van der Waals surface area contributed by atoms with E-state index in [1.54, 1.807) is 11.3 Å². The lowest BCUT2D eigenvalue weighted by Gasteiger charge is -2.25. The maximum atomic E-state index is 12.9. The number of anilines is 1. The number of hydrogen-bond donors (Lipinski definition) is 2. The summed E-state index contributed by atoms with van der Waals surface area (Å²) in [7, 11) is 0. The predicted molar refractivity (Wildman–Crippen MR) is 100 cm³/mol. The Hall–Kier alpha value is -2.34. The molecule has 0 unspecified atom stereocenters. The third kappa shape index (κ3) is 2.91. The van der Waals surface area contributed by atoms with E-state index in [4.69, 9.17) is 4.98 Å². The number of carbonyl (C=O) groups is 1. The van der Waals surface area contributed by atoms with Gasteiger partial charge in [-0.3, -0.25) is 4.79 Å². The lowest BCUT2D eigenvalue weighted by atomic mass is 10.1. The second-order valence-corrected chi connectivity index (χ2v) is 8.04. The molecule has 5 rings (SSSR count). The first-order valence-electron chi connectivity index (χ1n) is 8.86. The lowest BCUT2D eigenvalue weighted by Crippen LogP contribution is -2.35. The quantitative estimate of drug-likeness (QED) is 0.753. The van der Waals surface area contributed by atoms with Crippen LogP contribution in [0.2, 0.25) is 0 Å². The highest BCUT2D eigenvalue weighted by Gasteiger charge is 2.26. The van der Waals surface area contributed by atoms with Crippen molar-refractivity contribution in [3.63, 3.8) is 0 Å². The van der Waals surface area contributed by atoms with E-state index in [9.17, 15) is 4.79 Å². The van der Waals surface area contributed by atoms with E-state index in [1.165, 1.54) is 17.7 Å². The molecule has 1 saturated carbocycles. The van der Waals surface area contributed by atoms with Crippen molar-refractivity contribution in [2.24, 2.45) is 5.92 Å². The number of nitrogens with zero attached hydrogens (tertiary/aromatic N) is 2. The van der Waals surface area contributed by atoms with Crippen LogP contribution in [0.25, 0.3) is 10.9 Å². The molecule has 5 nitrogen and oxygen atoms in total. The zero-order valence-electron chi connectivity index (χ0n) is 13.9. The molecule has 6 heteroatoms. The Bertz CT molecular complexity index is 907. The third-order valence-electron chi connectivity index (χ3n) is 5.02. The first-order valence-corrected chi connectivity index (χ1v) is 9.67. The summed E-state index contributed by atoms with van der Waals surface area (Å²) >= 11 is 1.70. The topological polar surface area (TPSA) is 61.0 Å². The minimum atomic E-state index is 0.0720. The van der Waals surface area contributed by atoms with Crippen LogP contribution in [0.5, 0.6) is 0 Å². The zero-order chi connectivity index (χ0) is 16.8. The van der Waals surface area contributed by atoms with Crippen LogP contribution in [0.1, 0.15) is 33.9 Å². The van der Waals surface area contributed by atoms with Crippen molar-refractivity contribution < 1.29 is 4.79 Å². The van der Waals surface area contributed by atoms with E-state index in [-0.39, 0.29) is 5.91 Å². The number of carbonyl (C=O) groups excluding carboxylic acids is 1. The fraction of sp³-hybridized carbons (Fsp3) is 0.368. The summed E-state index contributed by atoms with van der Waals surface area (Å²) in [6.45, 7) is 2.42. The first kappa shape index (κ1) is 15.0. The molecule has 0 saturated heterocycles. The second-order valence-electron chi connectivity index (χ2n) is 6.96. The van der Waals surface area contributed by atoms with Crippen LogP contribution in [0, 0.1) is 5.92 Å². The van der Waals surface area contributed by atoms with Gasteiger partial charge in [0, 0.05) is 35.3 Å². The Labute approximate surface area is 150 Å². The van der Waals surface area contributed by atoms with E-state index in [0.717, 1.165) is 47.2 Å². The van der Waals surface area contributed by atoms with Gasteiger partial charge in [-0.1, -0.05) is 29.5 Å². The maximum Gasteiger partial charge on any atom is 0.270 e. The number of nitrogens with one attached hydrogen (secondary N) is 2. The normalized spacial score (nSPS) is 16.9. The number of aromatic amines is 1. The highest BCUT2D eigenvalue weighted by molar-refractivity contribution is 7.15. The van der Waals surface area contributed by atoms with Gasteiger partial charge in [-0.25, -0.2) is 4.98 Å². The number of thiazole rings is 1. The molecule has 1 aliphatic carbocycles. The number of hydrogen-bond acceptors (Lipinski definition) is 4. The lowest BCUT2D eigenvalue weighted by molar-refractivity contribution is 0.0731. The first-order chi connectivity index (χ1) is 12.3. The molecule has 1 aromatic carbocycles. The SMILES string of the molecule is O=C(c1cc2ccccc2[nH]1)N1CCc2nc(NCC3CC3)sc2C1. The standard InChI is InChI=1S/C19H20N4OS/c24-18(16-9-13-3-1-2-4-14(13)21-16)23-8-7-15-17(11-23)25-19(22-15)20-10-12-5-6-12/h1-4,9,12,21H,5-8,10-11H2,(H,20,22). The smallest absolute Gasteiger partial charge is 0.270 e. The predicted octanol–water partition coefficient (Wildman–Crippen LogP) is 3.64. The fourth-order valence-corrected chi connectivity index (χ4v) is 4.39. The highest BCUT2D eigenvalue weighted by atomic mass is 32.1. The molecule has 128 valence electrons. The summed E-state index contributed by atoms with van der Waals surface area (Å²) in [5.74, 6) is 0.906. The monoisotopic (exact) mass is 352 g/mol. The van der Waals surface area contributed by atoms with E-state index in [1.807, 2.05) is 35.2 Å². The summed E-state index contributed by atoms with van der Waals surface area (Å²) < 4.78 is 0. The minimum Gasteiger partial charge on any atom is -0.361 e. The van der Waals surface area contributed by atoms with Crippen LogP contribution in [0.4, 0.5) is 5.13 Å². The Morgan fingerprint density at radius 2 is 2.24 bits per heavy atom. The highest BCUT2D eigenvalue weighted by Crippen LogP contribution is 2.32. The van der Waals surface area contributed by atoms with Gasteiger partial charge in [-0.2, -0.15) is 0 Å². The van der Waals surface area contributed by atoms with Crippen molar-refractivity contribution >= 4 is 33.3 Å². The van der Waals surface area contributed by atoms with Crippen molar-refractivity contribution in [1.29, 1.82) is 0 Å². The van der Waals surface area contributed by atoms with E-state index >= 15 is 0 Å². The molecular weight excluding hydrogens is 332 g/mol. The molecule has 2 aliphatic rings. The number of para-hydroxylation sites is 1. The summed E-state index contributed by atoms with van der Waals surface area (Å²) in [4.78, 5) is 24.0. The molecule has 1 amide bonds. The maximum absolute atomic E-state index is 12.9. The molecule has 2 N–H and O–H groups in total. The number of H-pyrrole nitrogens is 1. The van der Waals surface area contributed by atoms with Crippen LogP contribution in [-0.4, -0.2) is 33.9 Å². The van der Waals surface area contributed by atoms with Gasteiger partial charge in [-0.05, 0) is 30.9 Å². The van der Waals surface area contributed by atoms with Crippen LogP contribution >= 0.6 is 11.3 Å². The van der Waals surface area contributed by atoms with Crippen LogP contribution < -0.4 is 5.32 Å². The Kier molecular flexibility index (Phi) is 3.52. The molecule has 25 heavy (non-hydrogen) atoms. The molecule has 0 radical (unpaired) electrons. The van der Waals surface area contributed by atoms with E-state index in [2.05, 4.69) is 10.3 Å². The average molecular weight is 352 g/mol. The van der Waals surface area contributed by atoms with Crippen molar-refractivity contribution in [2.75, 3.05) is 18.4 Å². The minimum absolute atomic E-state index is 0.0720. The molecule has 0 bridgehead atoms. The second kappa shape index (κ2) is 5.88. The fourth-order valence-electron chi connectivity index (χ4n) is 3.36. The summed E-state index contributed by atoms with van der Waals surface area (Å²) in [6, 6.07) is 9.95. The molecule has 0 atom stereocenters. The Morgan fingerprint density at radius 1 is 1.36 bits per heavy atom. The Balaban J connectivity index is 1.32. The average Bonchev–Trinajstić information content (AvgIpc) is 3.22. The third-order valence-corrected chi connectivity index (χ3v) is 6.06. The summed E-state index contributed by atoms with van der Waals surface area (Å²) in [5.41, 5.74) is 2.83. The van der Waals surface area contributed by atoms with Gasteiger partial charge in [0.05, 0.1) is 12.2 Å². The van der Waals surface area contributed by atoms with Crippen molar-refractivity contribution in [2.45, 2.75) is 25.8 Å². The van der Waals surface area contributed by atoms with Gasteiger partial charge in [-0.15, -0.1) is 0 Å². The van der Waals surface area contributed by atoms with Gasteiger partial charge < -0.3 is 15.2 Å². The van der Waals surface area contributed by atoms with Gasteiger partial charge in [0.25, 0.3) is 5.91 Å². The number of fused-ring (bicyclic) bond motifs is 2. The van der Waals surface area contributed by atoms with Crippen molar-refractivity contribution in [3.05, 3.63) is 46.6 Å². The molecule has 1 fully saturated rings. The van der Waals surface area contributed by atoms with Gasteiger partial charge in [0.2, 0.25) is 0 Å². The number of amides is 1. The van der Waals surface area contributed by atoms with Crippen molar-refractivity contribution in [3.8, 4) is 0 Å². The molecule has 3 aromatic rings. The molecule has 3 heterocycles. The van der Waals surface area contributed by atoms with Crippen LogP contribution in [0.3, 0.4) is 0 Å². The van der Waals surface area contributed by atoms with Crippen molar-refractivity contribution in [1.82, 2.24) is 14.9 Å². The summed E-state index contributed by atoms with van der Waals surface area (Å²) in [5, 5.41) is 5.54. The number of benzene rings is 1. The molecule has 1 aliphatic heterocycles. The summed E-state index contributed by atoms with van der Waals surface area (Å²) in [6.07, 6.45) is 3.51. The molecular formula is C19H20N4OS. The zero-order valence-corrected chi connectivity index (χ0v) is 14.7. The molecule has 0 spiro atoms. The van der Waals surface area contributed by atoms with E-state index in [0.29, 0.717) is 12.2 Å². The van der Waals surface area contributed by atoms with Crippen LogP contribution in [0.15, 0.2) is 30.3 Å².